The molecule has 3 aromatic rings. The Hall–Kier alpha value is -3.20. The molecule has 3 aromatic heterocycles. The molecule has 0 bridgehead atoms. The van der Waals surface area contributed by atoms with Crippen molar-refractivity contribution in [2.24, 2.45) is 0 Å². The first-order valence-electron chi connectivity index (χ1n) is 7.88. The number of hydrogen-bond acceptors (Lipinski definition) is 5. The fraction of sp³-hybridized carbons (Fsp3) is 0.263. The Kier molecular flexibility index (Phi) is 4.01. The van der Waals surface area contributed by atoms with Gasteiger partial charge in [-0.15, -0.1) is 0 Å². The first-order chi connectivity index (χ1) is 11.8. The molecule has 6 nitrogen and oxygen atoms in total. The maximum absolute atomic E-state index is 12.9. The molecule has 6 heteroatoms. The Balaban J connectivity index is 2.32. The molecule has 3 heterocycles. The number of pyridine rings is 2. The minimum Gasteiger partial charge on any atom is -0.443 e. The number of aromatic nitrogens is 3. The van der Waals surface area contributed by atoms with Crippen LogP contribution in [0.15, 0.2) is 36.7 Å². The van der Waals surface area contributed by atoms with E-state index in [-0.39, 0.29) is 0 Å². The molecule has 0 atom stereocenters. The van der Waals surface area contributed by atoms with Crippen LogP contribution in [0.1, 0.15) is 32.0 Å². The second-order valence-corrected chi connectivity index (χ2v) is 6.70. The van der Waals surface area contributed by atoms with Gasteiger partial charge in [-0.3, -0.25) is 4.98 Å². The van der Waals surface area contributed by atoms with Crippen LogP contribution < -0.4 is 0 Å². The molecule has 0 amide bonds. The van der Waals surface area contributed by atoms with Crippen molar-refractivity contribution in [2.45, 2.75) is 33.3 Å². The standard InChI is InChI=1S/C19H18N4O2/c1-12-16-15(6-5-14(11-20)22-16)23(18(24)25-19(2,3)4)17(12)13-7-9-21-10-8-13/h5-10H,1-4H3. The van der Waals surface area contributed by atoms with Gasteiger partial charge in [-0.05, 0) is 52.0 Å². The third-order valence-corrected chi connectivity index (χ3v) is 3.69. The van der Waals surface area contributed by atoms with Crippen molar-refractivity contribution in [2.75, 3.05) is 0 Å². The Bertz CT molecular complexity index is 992. The van der Waals surface area contributed by atoms with E-state index in [0.717, 1.165) is 11.1 Å². The number of carbonyl (C=O) groups is 1. The van der Waals surface area contributed by atoms with Gasteiger partial charge >= 0.3 is 6.09 Å². The lowest BCUT2D eigenvalue weighted by Gasteiger charge is -2.21. The van der Waals surface area contributed by atoms with Gasteiger partial charge in [0.15, 0.2) is 0 Å². The van der Waals surface area contributed by atoms with Crippen LogP contribution in [0.4, 0.5) is 4.79 Å². The van der Waals surface area contributed by atoms with Gasteiger partial charge in [-0.1, -0.05) is 0 Å². The summed E-state index contributed by atoms with van der Waals surface area (Å²) in [4.78, 5) is 21.3. The summed E-state index contributed by atoms with van der Waals surface area (Å²) >= 11 is 0. The van der Waals surface area contributed by atoms with Crippen molar-refractivity contribution in [3.8, 4) is 17.3 Å². The van der Waals surface area contributed by atoms with Gasteiger partial charge in [0.05, 0.1) is 16.7 Å². The fourth-order valence-corrected chi connectivity index (χ4v) is 2.72. The van der Waals surface area contributed by atoms with Crippen LogP contribution in [0.5, 0.6) is 0 Å². The molecule has 0 fully saturated rings. The van der Waals surface area contributed by atoms with E-state index in [2.05, 4.69) is 9.97 Å². The van der Waals surface area contributed by atoms with Crippen LogP contribution in [-0.2, 0) is 4.74 Å². The lowest BCUT2D eigenvalue weighted by Crippen LogP contribution is -2.27. The maximum atomic E-state index is 12.9. The summed E-state index contributed by atoms with van der Waals surface area (Å²) in [5.41, 5.74) is 3.22. The predicted octanol–water partition coefficient (Wildman–Crippen LogP) is 4.06. The van der Waals surface area contributed by atoms with E-state index in [1.54, 1.807) is 24.5 Å². The minimum atomic E-state index is -0.628. The van der Waals surface area contributed by atoms with E-state index < -0.39 is 11.7 Å². The van der Waals surface area contributed by atoms with Crippen LogP contribution in [0.3, 0.4) is 0 Å². The minimum absolute atomic E-state index is 0.304. The number of ether oxygens (including phenoxy) is 1. The van der Waals surface area contributed by atoms with Crippen molar-refractivity contribution in [3.05, 3.63) is 47.9 Å². The van der Waals surface area contributed by atoms with Crippen LogP contribution in [-0.4, -0.2) is 26.2 Å². The SMILES string of the molecule is Cc1c(-c2ccncc2)n(C(=O)OC(C)(C)C)c2ccc(C#N)nc12. The average molecular weight is 334 g/mol. The van der Waals surface area contributed by atoms with Gasteiger partial charge in [0, 0.05) is 23.5 Å². The molecule has 0 aromatic carbocycles. The van der Waals surface area contributed by atoms with E-state index in [1.165, 1.54) is 4.57 Å². The van der Waals surface area contributed by atoms with Gasteiger partial charge in [0.2, 0.25) is 0 Å². The molecular formula is C19H18N4O2. The molecule has 0 aliphatic carbocycles. The third kappa shape index (κ3) is 3.09. The van der Waals surface area contributed by atoms with E-state index in [1.807, 2.05) is 45.9 Å². The summed E-state index contributed by atoms with van der Waals surface area (Å²) in [7, 11) is 0. The summed E-state index contributed by atoms with van der Waals surface area (Å²) in [6.45, 7) is 7.35. The summed E-state index contributed by atoms with van der Waals surface area (Å²) in [5, 5.41) is 9.12. The van der Waals surface area contributed by atoms with Crippen molar-refractivity contribution >= 4 is 17.1 Å². The van der Waals surface area contributed by atoms with Crippen molar-refractivity contribution in [1.29, 1.82) is 5.26 Å². The zero-order chi connectivity index (χ0) is 18.2. The van der Waals surface area contributed by atoms with Gasteiger partial charge < -0.3 is 4.74 Å². The molecular weight excluding hydrogens is 316 g/mol. The highest BCUT2D eigenvalue weighted by molar-refractivity contribution is 5.97. The number of fused-ring (bicyclic) bond motifs is 1. The van der Waals surface area contributed by atoms with Gasteiger partial charge in [0.25, 0.3) is 0 Å². The second-order valence-electron chi connectivity index (χ2n) is 6.70. The predicted molar refractivity (Wildman–Crippen MR) is 94.0 cm³/mol. The summed E-state index contributed by atoms with van der Waals surface area (Å²) in [6, 6.07) is 9.01. The molecule has 0 aliphatic heterocycles. The van der Waals surface area contributed by atoms with Gasteiger partial charge in [-0.2, -0.15) is 5.26 Å². The molecule has 0 saturated carbocycles. The number of aryl methyl sites for hydroxylation is 1. The largest absolute Gasteiger partial charge is 0.443 e. The average Bonchev–Trinajstić information content (AvgIpc) is 2.86. The summed E-state index contributed by atoms with van der Waals surface area (Å²) < 4.78 is 7.09. The summed E-state index contributed by atoms with van der Waals surface area (Å²) in [5.74, 6) is 0. The lowest BCUT2D eigenvalue weighted by molar-refractivity contribution is 0.0547. The van der Waals surface area contributed by atoms with Crippen molar-refractivity contribution < 1.29 is 9.53 Å². The van der Waals surface area contributed by atoms with E-state index in [4.69, 9.17) is 10.00 Å². The summed E-state index contributed by atoms with van der Waals surface area (Å²) in [6.07, 6.45) is 2.85. The highest BCUT2D eigenvalue weighted by atomic mass is 16.6. The van der Waals surface area contributed by atoms with Crippen LogP contribution >= 0.6 is 0 Å². The molecule has 0 N–H and O–H groups in total. The zero-order valence-corrected chi connectivity index (χ0v) is 14.6. The first-order valence-corrected chi connectivity index (χ1v) is 7.88. The normalized spacial score (nSPS) is 11.3. The van der Waals surface area contributed by atoms with Crippen molar-refractivity contribution in [1.82, 2.24) is 14.5 Å². The Labute approximate surface area is 145 Å². The highest BCUT2D eigenvalue weighted by Gasteiger charge is 2.25. The number of rotatable bonds is 1. The first kappa shape index (κ1) is 16.7. The number of nitriles is 1. The smallest absolute Gasteiger partial charge is 0.419 e. The topological polar surface area (TPSA) is 80.8 Å². The van der Waals surface area contributed by atoms with E-state index in [9.17, 15) is 4.79 Å². The highest BCUT2D eigenvalue weighted by Crippen LogP contribution is 2.33. The van der Waals surface area contributed by atoms with Crippen LogP contribution in [0, 0.1) is 18.3 Å². The maximum Gasteiger partial charge on any atom is 0.419 e. The van der Waals surface area contributed by atoms with Gasteiger partial charge in [0.1, 0.15) is 17.4 Å². The number of carbonyl (C=O) groups excluding carboxylic acids is 1. The fourth-order valence-electron chi connectivity index (χ4n) is 2.72. The molecule has 0 unspecified atom stereocenters. The van der Waals surface area contributed by atoms with Crippen LogP contribution in [0.2, 0.25) is 0 Å². The second kappa shape index (κ2) is 6.02. The molecule has 25 heavy (non-hydrogen) atoms. The molecule has 0 radical (unpaired) electrons. The lowest BCUT2D eigenvalue weighted by atomic mass is 10.1. The van der Waals surface area contributed by atoms with Crippen LogP contribution in [0.25, 0.3) is 22.3 Å². The van der Waals surface area contributed by atoms with Crippen molar-refractivity contribution in [3.63, 3.8) is 0 Å². The number of hydrogen-bond donors (Lipinski definition) is 0. The van der Waals surface area contributed by atoms with E-state index in [0.29, 0.717) is 22.4 Å². The number of nitrogens with zero attached hydrogens (tertiary/aromatic N) is 4. The quantitative estimate of drug-likeness (QED) is 0.670. The Morgan fingerprint density at radius 1 is 1.20 bits per heavy atom. The molecule has 0 saturated heterocycles. The monoisotopic (exact) mass is 334 g/mol. The van der Waals surface area contributed by atoms with Gasteiger partial charge in [-0.25, -0.2) is 14.3 Å². The van der Waals surface area contributed by atoms with E-state index >= 15 is 0 Å². The zero-order valence-electron chi connectivity index (χ0n) is 14.6. The Morgan fingerprint density at radius 2 is 1.88 bits per heavy atom. The molecule has 0 aliphatic rings. The molecule has 3 rings (SSSR count). The third-order valence-electron chi connectivity index (χ3n) is 3.69. The molecule has 126 valence electrons. The molecule has 0 spiro atoms. The Morgan fingerprint density at radius 3 is 2.48 bits per heavy atom.